The lowest BCUT2D eigenvalue weighted by atomic mass is 10.1. The summed E-state index contributed by atoms with van der Waals surface area (Å²) >= 11 is 0. The number of carbonyl (C=O) groups is 2. The fourth-order valence-corrected chi connectivity index (χ4v) is 1.97. The second kappa shape index (κ2) is 8.62. The van der Waals surface area contributed by atoms with Gasteiger partial charge in [-0.3, -0.25) is 9.59 Å². The quantitative estimate of drug-likeness (QED) is 0.764. The summed E-state index contributed by atoms with van der Waals surface area (Å²) in [5.41, 5.74) is 6.18. The summed E-state index contributed by atoms with van der Waals surface area (Å²) < 4.78 is 33.5. The first-order valence-electron chi connectivity index (χ1n) is 7.27. The number of rotatable bonds is 8. The maximum absolute atomic E-state index is 12.1. The molecule has 132 valence electrons. The van der Waals surface area contributed by atoms with Crippen LogP contribution in [-0.4, -0.2) is 25.0 Å². The SMILES string of the molecule is NC(=O)COc1ccc(NC(=O)Cc2ccc(OC(F)F)cc2)cc1. The fourth-order valence-electron chi connectivity index (χ4n) is 1.97. The zero-order valence-corrected chi connectivity index (χ0v) is 13.1. The van der Waals surface area contributed by atoms with Crippen molar-refractivity contribution in [1.82, 2.24) is 0 Å². The Hall–Kier alpha value is -3.16. The molecule has 3 N–H and O–H groups in total. The van der Waals surface area contributed by atoms with Crippen molar-refractivity contribution >= 4 is 17.5 Å². The van der Waals surface area contributed by atoms with Gasteiger partial charge in [0.1, 0.15) is 11.5 Å². The molecule has 0 saturated heterocycles. The zero-order chi connectivity index (χ0) is 18.2. The second-order valence-corrected chi connectivity index (χ2v) is 5.03. The lowest BCUT2D eigenvalue weighted by molar-refractivity contribution is -0.120. The van der Waals surface area contributed by atoms with Crippen LogP contribution in [0.25, 0.3) is 0 Å². The van der Waals surface area contributed by atoms with Crippen molar-refractivity contribution in [2.24, 2.45) is 5.73 Å². The minimum atomic E-state index is -2.89. The maximum Gasteiger partial charge on any atom is 0.387 e. The number of ether oxygens (including phenoxy) is 2. The fraction of sp³-hybridized carbons (Fsp3) is 0.176. The van der Waals surface area contributed by atoms with Crippen LogP contribution in [0.4, 0.5) is 14.5 Å². The summed E-state index contributed by atoms with van der Waals surface area (Å²) in [6.45, 7) is -3.11. The molecule has 0 unspecified atom stereocenters. The third-order valence-corrected chi connectivity index (χ3v) is 3.03. The van der Waals surface area contributed by atoms with Gasteiger partial charge in [-0.15, -0.1) is 0 Å². The van der Waals surface area contributed by atoms with Gasteiger partial charge in [0.15, 0.2) is 6.61 Å². The Bertz CT molecular complexity index is 718. The lowest BCUT2D eigenvalue weighted by Crippen LogP contribution is -2.20. The van der Waals surface area contributed by atoms with Crippen molar-refractivity contribution in [2.45, 2.75) is 13.0 Å². The van der Waals surface area contributed by atoms with E-state index in [2.05, 4.69) is 10.1 Å². The van der Waals surface area contributed by atoms with E-state index in [-0.39, 0.29) is 24.7 Å². The Balaban J connectivity index is 1.86. The highest BCUT2D eigenvalue weighted by molar-refractivity contribution is 5.92. The van der Waals surface area contributed by atoms with Gasteiger partial charge in [-0.25, -0.2) is 0 Å². The minimum Gasteiger partial charge on any atom is -0.484 e. The number of anilines is 1. The van der Waals surface area contributed by atoms with Gasteiger partial charge in [0.2, 0.25) is 5.91 Å². The number of hydrogen-bond donors (Lipinski definition) is 2. The monoisotopic (exact) mass is 350 g/mol. The Morgan fingerprint density at radius 3 is 2.16 bits per heavy atom. The maximum atomic E-state index is 12.1. The number of benzene rings is 2. The number of nitrogens with one attached hydrogen (secondary N) is 1. The van der Waals surface area contributed by atoms with Crippen LogP contribution in [-0.2, 0) is 16.0 Å². The molecule has 2 aromatic carbocycles. The first-order valence-corrected chi connectivity index (χ1v) is 7.27. The highest BCUT2D eigenvalue weighted by Gasteiger charge is 2.07. The number of alkyl halides is 2. The third-order valence-electron chi connectivity index (χ3n) is 3.03. The van der Waals surface area contributed by atoms with Crippen molar-refractivity contribution in [3.63, 3.8) is 0 Å². The normalized spacial score (nSPS) is 10.4. The van der Waals surface area contributed by atoms with E-state index in [1.807, 2.05) is 0 Å². The van der Waals surface area contributed by atoms with Crippen LogP contribution in [0.2, 0.25) is 0 Å². The van der Waals surface area contributed by atoms with Gasteiger partial charge in [-0.1, -0.05) is 12.1 Å². The summed E-state index contributed by atoms with van der Waals surface area (Å²) in [6, 6.07) is 12.3. The van der Waals surface area contributed by atoms with Gasteiger partial charge in [0.25, 0.3) is 5.91 Å². The molecule has 0 saturated carbocycles. The van der Waals surface area contributed by atoms with Crippen LogP contribution in [0.5, 0.6) is 11.5 Å². The van der Waals surface area contributed by atoms with Crippen LogP contribution in [0.1, 0.15) is 5.56 Å². The van der Waals surface area contributed by atoms with E-state index in [1.54, 1.807) is 24.3 Å². The summed E-state index contributed by atoms with van der Waals surface area (Å²) in [5.74, 6) is -0.368. The van der Waals surface area contributed by atoms with Gasteiger partial charge in [-0.2, -0.15) is 8.78 Å². The predicted molar refractivity (Wildman–Crippen MR) is 86.5 cm³/mol. The van der Waals surface area contributed by atoms with Crippen LogP contribution >= 0.6 is 0 Å². The number of carbonyl (C=O) groups excluding carboxylic acids is 2. The molecule has 0 fully saturated rings. The minimum absolute atomic E-state index is 0.0331. The van der Waals surface area contributed by atoms with Crippen LogP contribution in [0.15, 0.2) is 48.5 Å². The number of hydrogen-bond acceptors (Lipinski definition) is 4. The summed E-state index contributed by atoms with van der Waals surface area (Å²) in [7, 11) is 0. The molecule has 0 atom stereocenters. The zero-order valence-electron chi connectivity index (χ0n) is 13.1. The van der Waals surface area contributed by atoms with Gasteiger partial charge < -0.3 is 20.5 Å². The molecule has 2 aromatic rings. The first-order chi connectivity index (χ1) is 11.9. The molecule has 0 bridgehead atoms. The van der Waals surface area contributed by atoms with Crippen molar-refractivity contribution in [1.29, 1.82) is 0 Å². The van der Waals surface area contributed by atoms with E-state index in [4.69, 9.17) is 10.5 Å². The first kappa shape index (κ1) is 18.2. The molecule has 2 amide bonds. The standard InChI is InChI=1S/C17H16F2N2O4/c18-17(19)25-14-5-1-11(2-6-14)9-16(23)21-12-3-7-13(8-4-12)24-10-15(20)22/h1-8,17H,9-10H2,(H2,20,22)(H,21,23). The van der Waals surface area contributed by atoms with Gasteiger partial charge in [-0.05, 0) is 42.0 Å². The summed E-state index contributed by atoms with van der Waals surface area (Å²) in [5, 5.41) is 2.69. The van der Waals surface area contributed by atoms with Gasteiger partial charge >= 0.3 is 6.61 Å². The van der Waals surface area contributed by atoms with E-state index in [0.29, 0.717) is 17.0 Å². The van der Waals surface area contributed by atoms with Gasteiger partial charge in [0.05, 0.1) is 6.42 Å². The second-order valence-electron chi connectivity index (χ2n) is 5.03. The summed E-state index contributed by atoms with van der Waals surface area (Å²) in [4.78, 5) is 22.6. The molecule has 6 nitrogen and oxygen atoms in total. The lowest BCUT2D eigenvalue weighted by Gasteiger charge is -2.08. The molecule has 0 radical (unpaired) electrons. The molecular formula is C17H16F2N2O4. The van der Waals surface area contributed by atoms with E-state index < -0.39 is 12.5 Å². The van der Waals surface area contributed by atoms with Crippen LogP contribution < -0.4 is 20.5 Å². The number of halogens is 2. The Labute approximate surface area is 142 Å². The predicted octanol–water partition coefficient (Wildman–Crippen LogP) is 2.33. The highest BCUT2D eigenvalue weighted by atomic mass is 19.3. The third kappa shape index (κ3) is 6.46. The van der Waals surface area contributed by atoms with Crippen molar-refractivity contribution in [3.05, 3.63) is 54.1 Å². The Morgan fingerprint density at radius 1 is 1.00 bits per heavy atom. The molecule has 0 aliphatic heterocycles. The van der Waals surface area contributed by atoms with Crippen molar-refractivity contribution in [2.75, 3.05) is 11.9 Å². The largest absolute Gasteiger partial charge is 0.484 e. The molecular weight excluding hydrogens is 334 g/mol. The van der Waals surface area contributed by atoms with Gasteiger partial charge in [0, 0.05) is 5.69 Å². The van der Waals surface area contributed by atoms with E-state index >= 15 is 0 Å². The molecule has 8 heteroatoms. The van der Waals surface area contributed by atoms with E-state index in [1.165, 1.54) is 24.3 Å². The topological polar surface area (TPSA) is 90.7 Å². The molecule has 0 aromatic heterocycles. The number of nitrogens with two attached hydrogens (primary N) is 1. The molecule has 2 rings (SSSR count). The van der Waals surface area contributed by atoms with Crippen LogP contribution in [0, 0.1) is 0 Å². The average Bonchev–Trinajstić information content (AvgIpc) is 2.55. The Morgan fingerprint density at radius 2 is 1.60 bits per heavy atom. The smallest absolute Gasteiger partial charge is 0.387 e. The molecule has 25 heavy (non-hydrogen) atoms. The molecule has 0 spiro atoms. The number of amides is 2. The molecule has 0 aliphatic carbocycles. The van der Waals surface area contributed by atoms with Crippen molar-refractivity contribution < 1.29 is 27.8 Å². The van der Waals surface area contributed by atoms with E-state index in [0.717, 1.165) is 0 Å². The molecule has 0 heterocycles. The van der Waals surface area contributed by atoms with Crippen LogP contribution in [0.3, 0.4) is 0 Å². The summed E-state index contributed by atoms with van der Waals surface area (Å²) in [6.07, 6.45) is 0.0783. The number of primary amides is 1. The van der Waals surface area contributed by atoms with Crippen molar-refractivity contribution in [3.8, 4) is 11.5 Å². The van der Waals surface area contributed by atoms with E-state index in [9.17, 15) is 18.4 Å². The molecule has 0 aliphatic rings. The highest BCUT2D eigenvalue weighted by Crippen LogP contribution is 2.17. The Kier molecular flexibility index (Phi) is 6.27. The average molecular weight is 350 g/mol.